The average Bonchev–Trinajstić information content (AvgIpc) is 1.88. The van der Waals surface area contributed by atoms with Crippen molar-refractivity contribution in [2.24, 2.45) is 0 Å². The van der Waals surface area contributed by atoms with Gasteiger partial charge in [0.25, 0.3) is 0 Å². The van der Waals surface area contributed by atoms with E-state index in [-0.39, 0.29) is 0 Å². The maximum absolute atomic E-state index is 5.13. The molecule has 0 aromatic carbocycles. The largest absolute Gasteiger partial charge is 0.277 e. The second-order valence-corrected chi connectivity index (χ2v) is 2.44. The van der Waals surface area contributed by atoms with Crippen LogP contribution in [0.1, 0.15) is 13.8 Å². The van der Waals surface area contributed by atoms with Crippen molar-refractivity contribution in [1.29, 1.82) is 0 Å². The lowest BCUT2D eigenvalue weighted by molar-refractivity contribution is -0.116. The van der Waals surface area contributed by atoms with E-state index in [0.29, 0.717) is 6.04 Å². The Labute approximate surface area is 61.7 Å². The second kappa shape index (κ2) is 2.88. The molecule has 0 saturated carbocycles. The molecule has 0 aromatic heterocycles. The van der Waals surface area contributed by atoms with Gasteiger partial charge in [-0.3, -0.25) is 9.90 Å². The van der Waals surface area contributed by atoms with Crippen LogP contribution in [0.4, 0.5) is 0 Å². The van der Waals surface area contributed by atoms with Crippen molar-refractivity contribution in [2.45, 2.75) is 19.9 Å². The third kappa shape index (κ3) is 1.21. The van der Waals surface area contributed by atoms with Gasteiger partial charge in [-0.25, -0.2) is 0 Å². The lowest BCUT2D eigenvalue weighted by Gasteiger charge is -2.28. The molecule has 0 N–H and O–H groups in total. The van der Waals surface area contributed by atoms with E-state index in [4.69, 9.17) is 4.84 Å². The number of hydrogen-bond acceptors (Lipinski definition) is 2. The third-order valence-electron chi connectivity index (χ3n) is 1.64. The summed E-state index contributed by atoms with van der Waals surface area (Å²) in [6.45, 7) is 4.12. The molecule has 10 heavy (non-hydrogen) atoms. The Balaban J connectivity index is 2.71. The first kappa shape index (κ1) is 7.35. The van der Waals surface area contributed by atoms with E-state index in [1.165, 1.54) is 0 Å². The first-order valence-corrected chi connectivity index (χ1v) is 3.44. The summed E-state index contributed by atoms with van der Waals surface area (Å²) in [6, 6.07) is 0.356. The van der Waals surface area contributed by atoms with Crippen LogP contribution in [0, 0.1) is 0 Å². The smallest absolute Gasteiger partial charge is 0.0716 e. The minimum atomic E-state index is 0.356. The predicted molar refractivity (Wildman–Crippen MR) is 41.2 cm³/mol. The van der Waals surface area contributed by atoms with Gasteiger partial charge in [0.1, 0.15) is 0 Å². The highest BCUT2D eigenvalue weighted by Crippen LogP contribution is 2.14. The summed E-state index contributed by atoms with van der Waals surface area (Å²) in [4.78, 5) is 5.13. The van der Waals surface area contributed by atoms with E-state index in [1.807, 2.05) is 18.1 Å². The van der Waals surface area contributed by atoms with Crippen LogP contribution in [-0.2, 0) is 4.84 Å². The molecule has 0 amide bonds. The van der Waals surface area contributed by atoms with E-state index in [9.17, 15) is 0 Å². The Kier molecular flexibility index (Phi) is 2.12. The minimum absolute atomic E-state index is 0.356. The maximum Gasteiger partial charge on any atom is 0.0716 e. The summed E-state index contributed by atoms with van der Waals surface area (Å²) >= 11 is 0. The van der Waals surface area contributed by atoms with Gasteiger partial charge in [-0.1, -0.05) is 12.2 Å². The van der Waals surface area contributed by atoms with E-state index >= 15 is 0 Å². The highest BCUT2D eigenvalue weighted by Gasteiger charge is 2.12. The standard InChI is InChI=1S/C8H13NO/c1-7-5-4-6-8(2)9(7)10-3/h4-7H,1-3H3. The van der Waals surface area contributed by atoms with Gasteiger partial charge in [0.05, 0.1) is 13.2 Å². The van der Waals surface area contributed by atoms with Crippen molar-refractivity contribution >= 4 is 0 Å². The molecule has 1 atom stereocenters. The zero-order valence-corrected chi connectivity index (χ0v) is 6.66. The van der Waals surface area contributed by atoms with Gasteiger partial charge in [-0.15, -0.1) is 0 Å². The number of hydroxylamine groups is 2. The average molecular weight is 139 g/mol. The van der Waals surface area contributed by atoms with Crippen molar-refractivity contribution in [1.82, 2.24) is 5.06 Å². The van der Waals surface area contributed by atoms with Gasteiger partial charge in [0.2, 0.25) is 0 Å². The summed E-state index contributed by atoms with van der Waals surface area (Å²) in [6.07, 6.45) is 6.18. The van der Waals surface area contributed by atoms with Gasteiger partial charge in [0, 0.05) is 5.70 Å². The van der Waals surface area contributed by atoms with Crippen molar-refractivity contribution in [3.63, 3.8) is 0 Å². The molecule has 0 aliphatic carbocycles. The molecule has 0 spiro atoms. The van der Waals surface area contributed by atoms with Crippen molar-refractivity contribution in [2.75, 3.05) is 7.11 Å². The molecular weight excluding hydrogens is 126 g/mol. The Bertz CT molecular complexity index is 172. The molecule has 2 nitrogen and oxygen atoms in total. The van der Waals surface area contributed by atoms with Gasteiger partial charge in [-0.2, -0.15) is 0 Å². The molecule has 1 unspecified atom stereocenters. The molecule has 56 valence electrons. The molecule has 2 heteroatoms. The molecular formula is C8H13NO. The fourth-order valence-corrected chi connectivity index (χ4v) is 1.14. The van der Waals surface area contributed by atoms with Gasteiger partial charge >= 0.3 is 0 Å². The monoisotopic (exact) mass is 139 g/mol. The Hall–Kier alpha value is -0.760. The molecule has 1 heterocycles. The highest BCUT2D eigenvalue weighted by atomic mass is 16.7. The molecule has 1 aliphatic heterocycles. The van der Waals surface area contributed by atoms with Crippen molar-refractivity contribution in [3.05, 3.63) is 23.9 Å². The predicted octanol–water partition coefficient (Wildman–Crippen LogP) is 1.71. The van der Waals surface area contributed by atoms with Gasteiger partial charge < -0.3 is 0 Å². The minimum Gasteiger partial charge on any atom is -0.277 e. The van der Waals surface area contributed by atoms with Crippen LogP contribution >= 0.6 is 0 Å². The molecule has 0 aromatic rings. The molecule has 0 radical (unpaired) electrons. The van der Waals surface area contributed by atoms with E-state index in [0.717, 1.165) is 5.70 Å². The lowest BCUT2D eigenvalue weighted by Crippen LogP contribution is -2.30. The van der Waals surface area contributed by atoms with Gasteiger partial charge in [-0.05, 0) is 19.9 Å². The number of nitrogens with zero attached hydrogens (tertiary/aromatic N) is 1. The van der Waals surface area contributed by atoms with Crippen LogP contribution in [0.5, 0.6) is 0 Å². The Morgan fingerprint density at radius 2 is 2.30 bits per heavy atom. The lowest BCUT2D eigenvalue weighted by atomic mass is 10.2. The van der Waals surface area contributed by atoms with Crippen LogP contribution in [0.15, 0.2) is 23.9 Å². The molecule has 1 rings (SSSR count). The van der Waals surface area contributed by atoms with Crippen molar-refractivity contribution < 1.29 is 4.84 Å². The summed E-state index contributed by atoms with van der Waals surface area (Å²) in [5, 5.41) is 1.88. The first-order chi connectivity index (χ1) is 4.75. The molecule has 0 saturated heterocycles. The maximum atomic E-state index is 5.13. The third-order valence-corrected chi connectivity index (χ3v) is 1.64. The number of allylic oxidation sites excluding steroid dienone is 3. The molecule has 0 fully saturated rings. The summed E-state index contributed by atoms with van der Waals surface area (Å²) in [7, 11) is 1.69. The first-order valence-electron chi connectivity index (χ1n) is 3.44. The summed E-state index contributed by atoms with van der Waals surface area (Å²) in [5.41, 5.74) is 1.15. The van der Waals surface area contributed by atoms with Crippen molar-refractivity contribution in [3.8, 4) is 0 Å². The zero-order chi connectivity index (χ0) is 7.56. The Morgan fingerprint density at radius 3 is 2.70 bits per heavy atom. The number of rotatable bonds is 1. The molecule has 0 bridgehead atoms. The summed E-state index contributed by atoms with van der Waals surface area (Å²) in [5.74, 6) is 0. The zero-order valence-electron chi connectivity index (χ0n) is 6.66. The fraction of sp³-hybridized carbons (Fsp3) is 0.500. The Morgan fingerprint density at radius 1 is 1.60 bits per heavy atom. The normalized spacial score (nSPS) is 24.9. The topological polar surface area (TPSA) is 12.5 Å². The summed E-state index contributed by atoms with van der Waals surface area (Å²) < 4.78 is 0. The van der Waals surface area contributed by atoms with E-state index in [1.54, 1.807) is 7.11 Å². The van der Waals surface area contributed by atoms with Crippen LogP contribution in [0.2, 0.25) is 0 Å². The fourth-order valence-electron chi connectivity index (χ4n) is 1.14. The van der Waals surface area contributed by atoms with Crippen LogP contribution in [-0.4, -0.2) is 18.2 Å². The molecule has 1 aliphatic rings. The SMILES string of the molecule is CON1C(C)=CC=CC1C. The van der Waals surface area contributed by atoms with Gasteiger partial charge in [0.15, 0.2) is 0 Å². The van der Waals surface area contributed by atoms with Crippen LogP contribution in [0.3, 0.4) is 0 Å². The quantitative estimate of drug-likeness (QED) is 0.548. The number of hydrogen-bond donors (Lipinski definition) is 0. The van der Waals surface area contributed by atoms with E-state index < -0.39 is 0 Å². The van der Waals surface area contributed by atoms with Crippen LogP contribution < -0.4 is 0 Å². The highest BCUT2D eigenvalue weighted by molar-refractivity contribution is 5.16. The van der Waals surface area contributed by atoms with E-state index in [2.05, 4.69) is 19.1 Å². The van der Waals surface area contributed by atoms with Crippen LogP contribution in [0.25, 0.3) is 0 Å². The second-order valence-electron chi connectivity index (χ2n) is 2.44.